The van der Waals surface area contributed by atoms with Crippen LogP contribution in [-0.4, -0.2) is 23.6 Å². The molecule has 0 bridgehead atoms. The highest BCUT2D eigenvalue weighted by Crippen LogP contribution is 2.30. The number of benzene rings is 2. The Kier molecular flexibility index (Phi) is 6.65. The van der Waals surface area contributed by atoms with Crippen LogP contribution in [0.2, 0.25) is 0 Å². The van der Waals surface area contributed by atoms with Gasteiger partial charge in [0.05, 0.1) is 0 Å². The number of halogens is 9. The van der Waals surface area contributed by atoms with E-state index in [0.717, 1.165) is 0 Å². The molecule has 2 aromatic rings. The molecule has 0 aromatic heterocycles. The second kappa shape index (κ2) is 8.29. The molecular formula is C14H5F9O6S2. The Labute approximate surface area is 167 Å². The minimum atomic E-state index is -5.94. The van der Waals surface area contributed by atoms with Gasteiger partial charge >= 0.3 is 20.2 Å². The molecule has 0 aliphatic rings. The van der Waals surface area contributed by atoms with Crippen LogP contribution in [-0.2, 0) is 28.6 Å². The van der Waals surface area contributed by atoms with E-state index >= 15 is 0 Å². The zero-order valence-corrected chi connectivity index (χ0v) is 16.0. The van der Waals surface area contributed by atoms with Crippen LogP contribution in [0.25, 0.3) is 0 Å². The van der Waals surface area contributed by atoms with E-state index in [1.807, 2.05) is 0 Å². The van der Waals surface area contributed by atoms with Crippen molar-refractivity contribution in [2.75, 3.05) is 6.79 Å². The van der Waals surface area contributed by atoms with Crippen LogP contribution in [0.5, 0.6) is 0 Å². The molecule has 0 spiro atoms. The summed E-state index contributed by atoms with van der Waals surface area (Å²) in [5.41, 5.74) is -1.31. The molecule has 0 fully saturated rings. The lowest BCUT2D eigenvalue weighted by molar-refractivity contribution is 0.130. The summed E-state index contributed by atoms with van der Waals surface area (Å²) < 4.78 is 175. The average molecular weight is 504 g/mol. The maximum Gasteiger partial charge on any atom is 0.305 e. The summed E-state index contributed by atoms with van der Waals surface area (Å²) in [4.78, 5) is -4.73. The van der Waals surface area contributed by atoms with Gasteiger partial charge in [0.25, 0.3) is 0 Å². The van der Waals surface area contributed by atoms with E-state index in [1.165, 1.54) is 0 Å². The maximum atomic E-state index is 13.9. The molecule has 172 valence electrons. The average Bonchev–Trinajstić information content (AvgIpc) is 2.67. The molecule has 0 N–H and O–H groups in total. The van der Waals surface area contributed by atoms with Crippen LogP contribution in [0, 0.1) is 59.3 Å². The quantitative estimate of drug-likeness (QED) is 0.197. The van der Waals surface area contributed by atoms with Gasteiger partial charge in [0.1, 0.15) is 0 Å². The second-order valence-electron chi connectivity index (χ2n) is 5.37. The van der Waals surface area contributed by atoms with Gasteiger partial charge in [-0.1, -0.05) is 0 Å². The monoisotopic (exact) mass is 504 g/mol. The Balaban J connectivity index is 2.39. The molecule has 0 amide bonds. The third-order valence-electron chi connectivity index (χ3n) is 3.52. The van der Waals surface area contributed by atoms with Crippen molar-refractivity contribution in [3.05, 3.63) is 57.9 Å². The zero-order valence-electron chi connectivity index (χ0n) is 14.4. The normalized spacial score (nSPS) is 12.5. The van der Waals surface area contributed by atoms with Crippen molar-refractivity contribution in [2.45, 2.75) is 16.7 Å². The fraction of sp³-hybridized carbons (Fsp3) is 0.143. The minimum absolute atomic E-state index is 0.510. The third-order valence-corrected chi connectivity index (χ3v) is 6.05. The largest absolute Gasteiger partial charge is 0.305 e. The molecule has 0 radical (unpaired) electrons. The van der Waals surface area contributed by atoms with Gasteiger partial charge in [-0.05, 0) is 6.92 Å². The van der Waals surface area contributed by atoms with Gasteiger partial charge in [-0.3, -0.25) is 0 Å². The molecule has 0 unspecified atom stereocenters. The van der Waals surface area contributed by atoms with Gasteiger partial charge in [0.15, 0.2) is 63.1 Å². The molecule has 0 saturated heterocycles. The molecular weight excluding hydrogens is 499 g/mol. The van der Waals surface area contributed by atoms with Crippen LogP contribution < -0.4 is 0 Å². The van der Waals surface area contributed by atoms with E-state index in [4.69, 9.17) is 0 Å². The van der Waals surface area contributed by atoms with Crippen molar-refractivity contribution in [2.24, 2.45) is 0 Å². The van der Waals surface area contributed by atoms with Gasteiger partial charge in [0, 0.05) is 5.56 Å². The van der Waals surface area contributed by atoms with Gasteiger partial charge in [-0.2, -0.15) is 16.8 Å². The summed E-state index contributed by atoms with van der Waals surface area (Å²) in [7, 11) is -11.7. The van der Waals surface area contributed by atoms with E-state index in [2.05, 4.69) is 8.37 Å². The standard InChI is InChI=1S/C14H5F9O6S2/c1-3-4(15)6(17)10(21)13(5(3)16)30(24,25)28-2-29-31(26,27)14-11(22)8(19)7(18)9(20)12(14)23/h2H2,1H3. The second-order valence-corrected chi connectivity index (χ2v) is 8.48. The van der Waals surface area contributed by atoms with Crippen molar-refractivity contribution < 1.29 is 64.7 Å². The van der Waals surface area contributed by atoms with Crippen molar-refractivity contribution in [3.63, 3.8) is 0 Å². The van der Waals surface area contributed by atoms with Gasteiger partial charge in [0.2, 0.25) is 5.82 Å². The van der Waals surface area contributed by atoms with E-state index in [0.29, 0.717) is 6.92 Å². The first-order chi connectivity index (χ1) is 14.1. The lowest BCUT2D eigenvalue weighted by Gasteiger charge is -2.12. The van der Waals surface area contributed by atoms with Crippen LogP contribution in [0.15, 0.2) is 9.79 Å². The Morgan fingerprint density at radius 2 is 0.806 bits per heavy atom. The van der Waals surface area contributed by atoms with E-state index in [1.54, 1.807) is 0 Å². The van der Waals surface area contributed by atoms with Crippen molar-refractivity contribution in [1.29, 1.82) is 0 Å². The highest BCUT2D eigenvalue weighted by atomic mass is 32.2. The Morgan fingerprint density at radius 1 is 0.516 bits per heavy atom. The number of hydrogen-bond acceptors (Lipinski definition) is 6. The van der Waals surface area contributed by atoms with Crippen molar-refractivity contribution in [3.8, 4) is 0 Å². The SMILES string of the molecule is Cc1c(F)c(F)c(F)c(S(=O)(=O)OCOS(=O)(=O)c2c(F)c(F)c(F)c(F)c2F)c1F. The van der Waals surface area contributed by atoms with E-state index < -0.39 is 94.7 Å². The zero-order chi connectivity index (χ0) is 24.0. The van der Waals surface area contributed by atoms with Gasteiger partial charge in [-0.25, -0.2) is 47.9 Å². The fourth-order valence-corrected chi connectivity index (χ4v) is 3.96. The fourth-order valence-electron chi connectivity index (χ4n) is 2.01. The molecule has 31 heavy (non-hydrogen) atoms. The number of rotatable bonds is 6. The molecule has 17 heteroatoms. The Morgan fingerprint density at radius 3 is 1.19 bits per heavy atom. The predicted molar refractivity (Wildman–Crippen MR) is 78.7 cm³/mol. The molecule has 0 heterocycles. The van der Waals surface area contributed by atoms with Crippen LogP contribution in [0.3, 0.4) is 0 Å². The Bertz CT molecular complexity index is 1130. The summed E-state index contributed by atoms with van der Waals surface area (Å²) >= 11 is 0. The molecule has 0 saturated carbocycles. The van der Waals surface area contributed by atoms with Crippen molar-refractivity contribution in [1.82, 2.24) is 0 Å². The van der Waals surface area contributed by atoms with Gasteiger partial charge in [-0.15, -0.1) is 0 Å². The molecule has 0 aliphatic carbocycles. The topological polar surface area (TPSA) is 86.7 Å². The summed E-state index contributed by atoms with van der Waals surface area (Å²) in [5, 5.41) is 0. The summed E-state index contributed by atoms with van der Waals surface area (Å²) in [6, 6.07) is 0. The highest BCUT2D eigenvalue weighted by molar-refractivity contribution is 7.87. The molecule has 0 atom stereocenters. The summed E-state index contributed by atoms with van der Waals surface area (Å²) in [6.07, 6.45) is 0. The lowest BCUT2D eigenvalue weighted by atomic mass is 10.2. The predicted octanol–water partition coefficient (Wildman–Crippen LogP) is 3.32. The molecule has 2 rings (SSSR count). The highest BCUT2D eigenvalue weighted by Gasteiger charge is 2.36. The Hall–Kier alpha value is -2.37. The first kappa shape index (κ1) is 24.9. The molecule has 0 aliphatic heterocycles. The first-order valence-corrected chi connectivity index (χ1v) is 10.0. The maximum absolute atomic E-state index is 13.9. The van der Waals surface area contributed by atoms with E-state index in [9.17, 15) is 56.3 Å². The van der Waals surface area contributed by atoms with E-state index in [-0.39, 0.29) is 0 Å². The van der Waals surface area contributed by atoms with Crippen molar-refractivity contribution >= 4 is 20.2 Å². The first-order valence-electron chi connectivity index (χ1n) is 7.19. The summed E-state index contributed by atoms with van der Waals surface area (Å²) in [5.74, 6) is -23.1. The number of hydrogen-bond donors (Lipinski definition) is 0. The lowest BCUT2D eigenvalue weighted by Crippen LogP contribution is -2.20. The smallest absolute Gasteiger partial charge is 0.236 e. The molecule has 2 aromatic carbocycles. The third kappa shape index (κ3) is 4.21. The van der Waals surface area contributed by atoms with Crippen LogP contribution in [0.4, 0.5) is 39.5 Å². The van der Waals surface area contributed by atoms with Crippen LogP contribution >= 0.6 is 0 Å². The minimum Gasteiger partial charge on any atom is -0.236 e. The van der Waals surface area contributed by atoms with Crippen LogP contribution in [0.1, 0.15) is 5.56 Å². The molecule has 6 nitrogen and oxygen atoms in total. The van der Waals surface area contributed by atoms with Gasteiger partial charge < -0.3 is 0 Å². The summed E-state index contributed by atoms with van der Waals surface area (Å²) in [6.45, 7) is -1.64.